The van der Waals surface area contributed by atoms with E-state index in [2.05, 4.69) is 17.0 Å². The van der Waals surface area contributed by atoms with E-state index in [1.807, 2.05) is 24.3 Å². The molecular weight excluding hydrogens is 290 g/mol. The van der Waals surface area contributed by atoms with Gasteiger partial charge in [-0.25, -0.2) is 4.79 Å². The maximum absolute atomic E-state index is 11.3. The van der Waals surface area contributed by atoms with Crippen molar-refractivity contribution in [3.05, 3.63) is 58.5 Å². The summed E-state index contributed by atoms with van der Waals surface area (Å²) in [6, 6.07) is 11.5. The Morgan fingerprint density at radius 2 is 2.00 bits per heavy atom. The summed E-state index contributed by atoms with van der Waals surface area (Å²) in [4.78, 5) is 11.3. The SMILES string of the molecule is COC(=O)c1ccc(CNC(C)Cc2ccc(Cl)cc2)o1. The van der Waals surface area contributed by atoms with E-state index < -0.39 is 5.97 Å². The Kier molecular flexibility index (Phi) is 5.42. The molecule has 2 aromatic rings. The molecule has 2 rings (SSSR count). The summed E-state index contributed by atoms with van der Waals surface area (Å²) in [5, 5.41) is 4.09. The minimum absolute atomic E-state index is 0.222. The largest absolute Gasteiger partial charge is 0.463 e. The molecule has 0 radical (unpaired) electrons. The van der Waals surface area contributed by atoms with Crippen molar-refractivity contribution >= 4 is 17.6 Å². The molecular formula is C16H18ClNO3. The summed E-state index contributed by atoms with van der Waals surface area (Å²) in [6.07, 6.45) is 0.891. The van der Waals surface area contributed by atoms with Gasteiger partial charge in [0.15, 0.2) is 0 Å². The lowest BCUT2D eigenvalue weighted by molar-refractivity contribution is 0.0563. The van der Waals surface area contributed by atoms with Crippen LogP contribution in [0.2, 0.25) is 5.02 Å². The fourth-order valence-electron chi connectivity index (χ4n) is 2.00. The summed E-state index contributed by atoms with van der Waals surface area (Å²) >= 11 is 5.86. The van der Waals surface area contributed by atoms with Crippen molar-refractivity contribution in [3.8, 4) is 0 Å². The number of nitrogens with one attached hydrogen (secondary N) is 1. The summed E-state index contributed by atoms with van der Waals surface area (Å²) < 4.78 is 10.00. The molecule has 1 atom stereocenters. The number of halogens is 1. The third kappa shape index (κ3) is 4.62. The Hall–Kier alpha value is -1.78. The standard InChI is InChI=1S/C16H18ClNO3/c1-11(9-12-3-5-13(17)6-4-12)18-10-14-7-8-15(21-14)16(19)20-2/h3-8,11,18H,9-10H2,1-2H3. The van der Waals surface area contributed by atoms with Crippen LogP contribution in [0.4, 0.5) is 0 Å². The van der Waals surface area contributed by atoms with Crippen LogP contribution in [0.3, 0.4) is 0 Å². The molecule has 1 N–H and O–H groups in total. The second-order valence-corrected chi connectivity index (χ2v) is 5.31. The van der Waals surface area contributed by atoms with Crippen LogP contribution in [0.1, 0.15) is 28.8 Å². The minimum Gasteiger partial charge on any atom is -0.463 e. The van der Waals surface area contributed by atoms with E-state index in [0.29, 0.717) is 12.3 Å². The third-order valence-corrected chi connectivity index (χ3v) is 3.38. The molecule has 5 heteroatoms. The molecule has 0 aliphatic heterocycles. The molecule has 1 aromatic heterocycles. The van der Waals surface area contributed by atoms with Crippen LogP contribution in [0.25, 0.3) is 0 Å². The van der Waals surface area contributed by atoms with Crippen molar-refractivity contribution < 1.29 is 13.9 Å². The summed E-state index contributed by atoms with van der Waals surface area (Å²) in [6.45, 7) is 2.66. The molecule has 4 nitrogen and oxygen atoms in total. The number of carbonyl (C=O) groups excluding carboxylic acids is 1. The number of carbonyl (C=O) groups is 1. The molecule has 0 aliphatic rings. The van der Waals surface area contributed by atoms with Crippen LogP contribution >= 0.6 is 11.6 Å². The van der Waals surface area contributed by atoms with Gasteiger partial charge in [-0.2, -0.15) is 0 Å². The number of esters is 1. The number of hydrogen-bond acceptors (Lipinski definition) is 4. The number of furan rings is 1. The van der Waals surface area contributed by atoms with E-state index in [1.165, 1.54) is 12.7 Å². The van der Waals surface area contributed by atoms with Gasteiger partial charge in [0.1, 0.15) is 5.76 Å². The Labute approximate surface area is 129 Å². The predicted molar refractivity (Wildman–Crippen MR) is 81.5 cm³/mol. The van der Waals surface area contributed by atoms with Gasteiger partial charge in [0, 0.05) is 11.1 Å². The highest BCUT2D eigenvalue weighted by Crippen LogP contribution is 2.12. The number of benzene rings is 1. The van der Waals surface area contributed by atoms with E-state index in [4.69, 9.17) is 16.0 Å². The van der Waals surface area contributed by atoms with Crippen LogP contribution in [0.5, 0.6) is 0 Å². The van der Waals surface area contributed by atoms with Crippen LogP contribution in [-0.4, -0.2) is 19.1 Å². The summed E-state index contributed by atoms with van der Waals surface area (Å²) in [7, 11) is 1.33. The number of rotatable bonds is 6. The molecule has 0 amide bonds. The Balaban J connectivity index is 1.83. The van der Waals surface area contributed by atoms with E-state index in [-0.39, 0.29) is 11.8 Å². The molecule has 0 aliphatic carbocycles. The molecule has 1 unspecified atom stereocenters. The van der Waals surface area contributed by atoms with Crippen molar-refractivity contribution in [3.63, 3.8) is 0 Å². The monoisotopic (exact) mass is 307 g/mol. The van der Waals surface area contributed by atoms with Gasteiger partial charge in [-0.3, -0.25) is 0 Å². The van der Waals surface area contributed by atoms with E-state index in [0.717, 1.165) is 11.4 Å². The van der Waals surface area contributed by atoms with Gasteiger partial charge in [-0.15, -0.1) is 0 Å². The summed E-state index contributed by atoms with van der Waals surface area (Å²) in [5.74, 6) is 0.466. The highest BCUT2D eigenvalue weighted by Gasteiger charge is 2.11. The van der Waals surface area contributed by atoms with Crippen molar-refractivity contribution in [2.75, 3.05) is 7.11 Å². The molecule has 21 heavy (non-hydrogen) atoms. The third-order valence-electron chi connectivity index (χ3n) is 3.13. The highest BCUT2D eigenvalue weighted by atomic mass is 35.5. The molecule has 0 bridgehead atoms. The van der Waals surface area contributed by atoms with Crippen LogP contribution in [0, 0.1) is 0 Å². The lowest BCUT2D eigenvalue weighted by Gasteiger charge is -2.12. The molecule has 1 heterocycles. The van der Waals surface area contributed by atoms with Crippen molar-refractivity contribution in [1.29, 1.82) is 0 Å². The molecule has 0 fully saturated rings. The van der Waals surface area contributed by atoms with Crippen molar-refractivity contribution in [2.45, 2.75) is 25.9 Å². The van der Waals surface area contributed by atoms with E-state index in [1.54, 1.807) is 12.1 Å². The summed E-state index contributed by atoms with van der Waals surface area (Å²) in [5.41, 5.74) is 1.22. The topological polar surface area (TPSA) is 51.5 Å². The van der Waals surface area contributed by atoms with E-state index >= 15 is 0 Å². The fourth-order valence-corrected chi connectivity index (χ4v) is 2.13. The zero-order valence-corrected chi connectivity index (χ0v) is 12.8. The lowest BCUT2D eigenvalue weighted by atomic mass is 10.1. The van der Waals surface area contributed by atoms with Gasteiger partial charge >= 0.3 is 5.97 Å². The Morgan fingerprint density at radius 3 is 2.67 bits per heavy atom. The first-order valence-electron chi connectivity index (χ1n) is 6.73. The normalized spacial score (nSPS) is 12.1. The Morgan fingerprint density at radius 1 is 1.29 bits per heavy atom. The minimum atomic E-state index is -0.463. The van der Waals surface area contributed by atoms with Gasteiger partial charge in [-0.1, -0.05) is 23.7 Å². The fraction of sp³-hybridized carbons (Fsp3) is 0.312. The van der Waals surface area contributed by atoms with E-state index in [9.17, 15) is 4.79 Å². The molecule has 112 valence electrons. The van der Waals surface area contributed by atoms with Gasteiger partial charge in [-0.05, 0) is 43.2 Å². The number of methoxy groups -OCH3 is 1. The Bertz CT molecular complexity index is 592. The number of ether oxygens (including phenoxy) is 1. The van der Waals surface area contributed by atoms with Gasteiger partial charge < -0.3 is 14.5 Å². The molecule has 0 saturated carbocycles. The zero-order valence-electron chi connectivity index (χ0n) is 12.1. The lowest BCUT2D eigenvalue weighted by Crippen LogP contribution is -2.27. The molecule has 0 saturated heterocycles. The quantitative estimate of drug-likeness (QED) is 0.831. The average Bonchev–Trinajstić information content (AvgIpc) is 2.96. The molecule has 0 spiro atoms. The first kappa shape index (κ1) is 15.6. The molecule has 1 aromatic carbocycles. The van der Waals surface area contributed by atoms with Crippen LogP contribution in [0.15, 0.2) is 40.8 Å². The van der Waals surface area contributed by atoms with Gasteiger partial charge in [0.05, 0.1) is 13.7 Å². The second-order valence-electron chi connectivity index (χ2n) is 4.87. The second kappa shape index (κ2) is 7.29. The van der Waals surface area contributed by atoms with Crippen LogP contribution < -0.4 is 5.32 Å². The van der Waals surface area contributed by atoms with Crippen LogP contribution in [-0.2, 0) is 17.7 Å². The smallest absolute Gasteiger partial charge is 0.373 e. The predicted octanol–water partition coefficient (Wildman–Crippen LogP) is 3.44. The highest BCUT2D eigenvalue weighted by molar-refractivity contribution is 6.30. The van der Waals surface area contributed by atoms with Crippen molar-refractivity contribution in [1.82, 2.24) is 5.32 Å². The average molecular weight is 308 g/mol. The maximum atomic E-state index is 11.3. The first-order chi connectivity index (χ1) is 10.1. The maximum Gasteiger partial charge on any atom is 0.373 e. The van der Waals surface area contributed by atoms with Gasteiger partial charge in [0.2, 0.25) is 5.76 Å². The van der Waals surface area contributed by atoms with Crippen molar-refractivity contribution in [2.24, 2.45) is 0 Å². The number of hydrogen-bond donors (Lipinski definition) is 1. The zero-order chi connectivity index (χ0) is 15.2. The first-order valence-corrected chi connectivity index (χ1v) is 7.11. The van der Waals surface area contributed by atoms with Gasteiger partial charge in [0.25, 0.3) is 0 Å².